The Morgan fingerprint density at radius 2 is 1.56 bits per heavy atom. The fourth-order valence-electron chi connectivity index (χ4n) is 4.18. The van der Waals surface area contributed by atoms with Gasteiger partial charge in [-0.2, -0.15) is 0 Å². The molecule has 4 N–H and O–H groups in total. The number of benzene rings is 3. The average molecular weight is 498 g/mol. The van der Waals surface area contributed by atoms with E-state index in [4.69, 9.17) is 23.7 Å². The van der Waals surface area contributed by atoms with Crippen molar-refractivity contribution in [2.45, 2.75) is 25.6 Å². The van der Waals surface area contributed by atoms with E-state index in [2.05, 4.69) is 0 Å². The lowest BCUT2D eigenvalue weighted by atomic mass is 9.93. The molecule has 10 nitrogen and oxygen atoms in total. The fourth-order valence-corrected chi connectivity index (χ4v) is 4.18. The van der Waals surface area contributed by atoms with Crippen LogP contribution in [-0.2, 0) is 11.2 Å². The molecular formula is C26H26O10. The van der Waals surface area contributed by atoms with Crippen LogP contribution in [0.15, 0.2) is 36.4 Å². The second-order valence-corrected chi connectivity index (χ2v) is 8.25. The topological polar surface area (TPSA) is 144 Å². The summed E-state index contributed by atoms with van der Waals surface area (Å²) in [6.45, 7) is 1.54. The summed E-state index contributed by atoms with van der Waals surface area (Å²) >= 11 is 0. The van der Waals surface area contributed by atoms with Crippen molar-refractivity contribution >= 4 is 5.97 Å². The van der Waals surface area contributed by atoms with Gasteiger partial charge in [0.2, 0.25) is 5.75 Å². The van der Waals surface area contributed by atoms with E-state index in [0.29, 0.717) is 33.9 Å². The number of esters is 1. The van der Waals surface area contributed by atoms with Crippen LogP contribution in [0, 0.1) is 6.92 Å². The number of hydrogen-bond donors (Lipinski definition) is 4. The van der Waals surface area contributed by atoms with Gasteiger partial charge >= 0.3 is 5.97 Å². The molecule has 0 spiro atoms. The van der Waals surface area contributed by atoms with Crippen LogP contribution in [0.4, 0.5) is 0 Å². The van der Waals surface area contributed by atoms with E-state index < -0.39 is 23.9 Å². The maximum absolute atomic E-state index is 13.1. The molecular weight excluding hydrogens is 472 g/mol. The third-order valence-electron chi connectivity index (χ3n) is 5.96. The van der Waals surface area contributed by atoms with E-state index in [9.17, 15) is 25.2 Å². The molecule has 190 valence electrons. The molecule has 0 fully saturated rings. The highest BCUT2D eigenvalue weighted by atomic mass is 16.6. The summed E-state index contributed by atoms with van der Waals surface area (Å²) in [5.41, 5.74) is 1.17. The number of methoxy groups -OCH3 is 3. The smallest absolute Gasteiger partial charge is 0.338 e. The lowest BCUT2D eigenvalue weighted by Gasteiger charge is -2.34. The average Bonchev–Trinajstić information content (AvgIpc) is 2.85. The van der Waals surface area contributed by atoms with Crippen LogP contribution < -0.4 is 18.9 Å². The molecule has 1 aliphatic rings. The lowest BCUT2D eigenvalue weighted by Crippen LogP contribution is -2.35. The number of hydrogen-bond acceptors (Lipinski definition) is 10. The molecule has 2 atom stereocenters. The molecule has 0 aliphatic carbocycles. The number of aryl methyl sites for hydroxylation is 1. The van der Waals surface area contributed by atoms with Gasteiger partial charge in [-0.1, -0.05) is 0 Å². The minimum absolute atomic E-state index is 0.0205. The summed E-state index contributed by atoms with van der Waals surface area (Å²) in [5, 5.41) is 40.1. The van der Waals surface area contributed by atoms with Crippen molar-refractivity contribution in [3.05, 3.63) is 58.7 Å². The van der Waals surface area contributed by atoms with Gasteiger partial charge in [-0.05, 0) is 36.8 Å². The van der Waals surface area contributed by atoms with Crippen LogP contribution in [0.5, 0.6) is 46.0 Å². The zero-order valence-corrected chi connectivity index (χ0v) is 20.1. The SMILES string of the molecule is COc1cc([C@H]2Oc3cc(O)cc(O)c3C[C@H]2OC(=O)c2cc(C)c(O)c(O)c2)cc(OC)c1OC. The van der Waals surface area contributed by atoms with E-state index in [1.54, 1.807) is 12.1 Å². The molecule has 3 aromatic carbocycles. The van der Waals surface area contributed by atoms with E-state index in [1.165, 1.54) is 46.5 Å². The van der Waals surface area contributed by atoms with Gasteiger partial charge in [0.15, 0.2) is 29.1 Å². The molecule has 10 heteroatoms. The first-order valence-corrected chi connectivity index (χ1v) is 10.9. The molecule has 0 amide bonds. The van der Waals surface area contributed by atoms with Gasteiger partial charge in [0.25, 0.3) is 0 Å². The zero-order chi connectivity index (χ0) is 26.1. The number of carbonyl (C=O) groups is 1. The Bertz CT molecular complexity index is 1270. The van der Waals surface area contributed by atoms with Crippen LogP contribution in [-0.4, -0.2) is 53.8 Å². The third kappa shape index (κ3) is 4.45. The molecule has 0 radical (unpaired) electrons. The van der Waals surface area contributed by atoms with Crippen molar-refractivity contribution in [3.63, 3.8) is 0 Å². The van der Waals surface area contributed by atoms with Gasteiger partial charge < -0.3 is 44.1 Å². The largest absolute Gasteiger partial charge is 0.508 e. The molecule has 0 bridgehead atoms. The standard InChI is InChI=1S/C26H26O10/c1-12-5-14(6-18(29)23(12)30)26(31)36-22-11-16-17(28)9-15(27)10-19(16)35-24(22)13-7-20(32-2)25(34-4)21(8-13)33-3/h5-10,22,24,27-30H,11H2,1-4H3/t22-,24-/m1/s1. The highest BCUT2D eigenvalue weighted by molar-refractivity contribution is 5.91. The predicted octanol–water partition coefficient (Wildman–Crippen LogP) is 3.75. The summed E-state index contributed by atoms with van der Waals surface area (Å²) in [6, 6.07) is 8.32. The highest BCUT2D eigenvalue weighted by Crippen LogP contribution is 2.46. The van der Waals surface area contributed by atoms with Crippen molar-refractivity contribution in [3.8, 4) is 46.0 Å². The Morgan fingerprint density at radius 1 is 0.889 bits per heavy atom. The number of phenols is 4. The molecule has 3 aromatic rings. The maximum Gasteiger partial charge on any atom is 0.338 e. The summed E-state index contributed by atoms with van der Waals surface area (Å²) in [6.07, 6.45) is -1.79. The van der Waals surface area contributed by atoms with Crippen LogP contribution in [0.25, 0.3) is 0 Å². The third-order valence-corrected chi connectivity index (χ3v) is 5.96. The van der Waals surface area contributed by atoms with Gasteiger partial charge in [-0.3, -0.25) is 0 Å². The molecule has 1 aliphatic heterocycles. The highest BCUT2D eigenvalue weighted by Gasteiger charge is 2.37. The number of ether oxygens (including phenoxy) is 5. The van der Waals surface area contributed by atoms with Gasteiger partial charge in [0.1, 0.15) is 23.4 Å². The van der Waals surface area contributed by atoms with Gasteiger partial charge in [0, 0.05) is 29.7 Å². The van der Waals surface area contributed by atoms with Crippen LogP contribution >= 0.6 is 0 Å². The van der Waals surface area contributed by atoms with Crippen LogP contribution in [0.1, 0.15) is 33.2 Å². The number of rotatable bonds is 6. The van der Waals surface area contributed by atoms with Gasteiger partial charge in [-0.15, -0.1) is 0 Å². The first-order valence-electron chi connectivity index (χ1n) is 10.9. The second kappa shape index (κ2) is 9.65. The Hall–Kier alpha value is -4.47. The van der Waals surface area contributed by atoms with Crippen molar-refractivity contribution in [2.24, 2.45) is 0 Å². The van der Waals surface area contributed by atoms with Crippen LogP contribution in [0.2, 0.25) is 0 Å². The predicted molar refractivity (Wildman–Crippen MR) is 127 cm³/mol. The summed E-state index contributed by atoms with van der Waals surface area (Å²) in [7, 11) is 4.40. The van der Waals surface area contributed by atoms with Gasteiger partial charge in [0.05, 0.1) is 26.9 Å². The first-order chi connectivity index (χ1) is 17.2. The second-order valence-electron chi connectivity index (χ2n) is 8.25. The van der Waals surface area contributed by atoms with Crippen LogP contribution in [0.3, 0.4) is 0 Å². The number of phenolic OH excluding ortho intramolecular Hbond substituents is 4. The van der Waals surface area contributed by atoms with E-state index >= 15 is 0 Å². The van der Waals surface area contributed by atoms with E-state index in [0.717, 1.165) is 6.07 Å². The molecule has 0 saturated carbocycles. The Labute approximate surface area is 206 Å². The first kappa shape index (κ1) is 24.6. The molecule has 4 rings (SSSR count). The summed E-state index contributed by atoms with van der Waals surface area (Å²) in [5.74, 6) is -0.694. The minimum atomic E-state index is -0.945. The number of fused-ring (bicyclic) bond motifs is 1. The normalized spacial score (nSPS) is 16.4. The minimum Gasteiger partial charge on any atom is -0.508 e. The van der Waals surface area contributed by atoms with Crippen molar-refractivity contribution in [1.29, 1.82) is 0 Å². The van der Waals surface area contributed by atoms with Crippen molar-refractivity contribution in [1.82, 2.24) is 0 Å². The van der Waals surface area contributed by atoms with E-state index in [1.807, 2.05) is 0 Å². The monoisotopic (exact) mass is 498 g/mol. The Balaban J connectivity index is 1.78. The molecule has 1 heterocycles. The molecule has 0 saturated heterocycles. The summed E-state index contributed by atoms with van der Waals surface area (Å²) < 4.78 is 28.2. The zero-order valence-electron chi connectivity index (χ0n) is 20.1. The Kier molecular flexibility index (Phi) is 6.61. The van der Waals surface area contributed by atoms with Crippen molar-refractivity contribution < 1.29 is 48.9 Å². The number of carbonyl (C=O) groups excluding carboxylic acids is 1. The molecule has 0 aromatic heterocycles. The van der Waals surface area contributed by atoms with E-state index in [-0.39, 0.29) is 35.0 Å². The maximum atomic E-state index is 13.1. The van der Waals surface area contributed by atoms with Gasteiger partial charge in [-0.25, -0.2) is 4.79 Å². The summed E-state index contributed by atoms with van der Waals surface area (Å²) in [4.78, 5) is 13.1. The molecule has 36 heavy (non-hydrogen) atoms. The van der Waals surface area contributed by atoms with Crippen molar-refractivity contribution in [2.75, 3.05) is 21.3 Å². The fraction of sp³-hybridized carbons (Fsp3) is 0.269. The molecule has 0 unspecified atom stereocenters. The number of aromatic hydroxyl groups is 4. The quantitative estimate of drug-likeness (QED) is 0.293. The Morgan fingerprint density at radius 3 is 2.14 bits per heavy atom. The lowest BCUT2D eigenvalue weighted by molar-refractivity contribution is -0.0189.